The number of aryl methyl sites for hydroxylation is 1. The lowest BCUT2D eigenvalue weighted by molar-refractivity contribution is -0.142. The van der Waals surface area contributed by atoms with Gasteiger partial charge in [-0.05, 0) is 76.1 Å². The standard InChI is InChI=1S/C30H33N3O6/c1-6-36-27(34)16-22-9-7-8-10-26(22)37-18-20-13-24-19(2)33-39-28(24)25(14-20)21-11-12-31-23(15-21)17-32-29(35)38-30(3,4)5/h7-15H,6,16-18H2,1-5H3,(H,32,35). The Hall–Kier alpha value is -4.40. The van der Waals surface area contributed by atoms with E-state index < -0.39 is 11.7 Å². The number of para-hydroxylation sites is 1. The average Bonchev–Trinajstić information content (AvgIpc) is 3.26. The van der Waals surface area contributed by atoms with Crippen molar-refractivity contribution in [1.82, 2.24) is 15.5 Å². The third kappa shape index (κ3) is 7.34. The number of nitrogens with zero attached hydrogens (tertiary/aromatic N) is 2. The van der Waals surface area contributed by atoms with Gasteiger partial charge in [0.15, 0.2) is 5.58 Å². The van der Waals surface area contributed by atoms with Crippen LogP contribution in [0.2, 0.25) is 0 Å². The fourth-order valence-electron chi connectivity index (χ4n) is 4.06. The fraction of sp³-hybridized carbons (Fsp3) is 0.333. The van der Waals surface area contributed by atoms with E-state index in [-0.39, 0.29) is 25.5 Å². The van der Waals surface area contributed by atoms with Crippen LogP contribution in [0.1, 0.15) is 50.2 Å². The minimum Gasteiger partial charge on any atom is -0.489 e. The summed E-state index contributed by atoms with van der Waals surface area (Å²) >= 11 is 0. The minimum absolute atomic E-state index is 0.135. The molecule has 0 spiro atoms. The molecule has 0 fully saturated rings. The quantitative estimate of drug-likeness (QED) is 0.265. The largest absolute Gasteiger partial charge is 0.489 e. The zero-order chi connectivity index (χ0) is 28.0. The summed E-state index contributed by atoms with van der Waals surface area (Å²) < 4.78 is 22.2. The number of pyridine rings is 1. The van der Waals surface area contributed by atoms with Crippen molar-refractivity contribution in [2.75, 3.05) is 6.61 Å². The van der Waals surface area contributed by atoms with Crippen LogP contribution in [0.25, 0.3) is 22.1 Å². The lowest BCUT2D eigenvalue weighted by atomic mass is 10.00. The summed E-state index contributed by atoms with van der Waals surface area (Å²) in [6.45, 7) is 9.91. The number of hydrogen-bond donors (Lipinski definition) is 1. The highest BCUT2D eigenvalue weighted by atomic mass is 16.6. The minimum atomic E-state index is -0.586. The van der Waals surface area contributed by atoms with Gasteiger partial charge in [-0.2, -0.15) is 0 Å². The van der Waals surface area contributed by atoms with Crippen molar-refractivity contribution in [3.63, 3.8) is 0 Å². The Bertz CT molecular complexity index is 1470. The van der Waals surface area contributed by atoms with Crippen molar-refractivity contribution in [2.24, 2.45) is 0 Å². The molecule has 0 atom stereocenters. The van der Waals surface area contributed by atoms with E-state index in [1.165, 1.54) is 0 Å². The van der Waals surface area contributed by atoms with Crippen LogP contribution in [-0.2, 0) is 33.8 Å². The van der Waals surface area contributed by atoms with E-state index in [0.29, 0.717) is 23.6 Å². The number of carbonyl (C=O) groups excluding carboxylic acids is 2. The summed E-state index contributed by atoms with van der Waals surface area (Å²) in [5.41, 5.74) is 4.83. The van der Waals surface area contributed by atoms with Gasteiger partial charge in [0.25, 0.3) is 0 Å². The molecule has 2 heterocycles. The summed E-state index contributed by atoms with van der Waals surface area (Å²) in [4.78, 5) is 28.5. The molecule has 4 rings (SSSR count). The molecule has 0 unspecified atom stereocenters. The van der Waals surface area contributed by atoms with Gasteiger partial charge >= 0.3 is 12.1 Å². The molecule has 2 aromatic carbocycles. The van der Waals surface area contributed by atoms with Gasteiger partial charge in [-0.3, -0.25) is 9.78 Å². The van der Waals surface area contributed by atoms with Crippen LogP contribution < -0.4 is 10.1 Å². The zero-order valence-electron chi connectivity index (χ0n) is 22.9. The second-order valence-electron chi connectivity index (χ2n) is 10.1. The molecule has 0 saturated heterocycles. The van der Waals surface area contributed by atoms with Crippen molar-refractivity contribution < 1.29 is 28.3 Å². The van der Waals surface area contributed by atoms with Gasteiger partial charge < -0.3 is 24.1 Å². The first-order chi connectivity index (χ1) is 18.6. The highest BCUT2D eigenvalue weighted by Crippen LogP contribution is 2.33. The molecule has 9 nitrogen and oxygen atoms in total. The van der Waals surface area contributed by atoms with Crippen LogP contribution in [0.4, 0.5) is 4.79 Å². The van der Waals surface area contributed by atoms with Crippen LogP contribution >= 0.6 is 0 Å². The number of hydrogen-bond acceptors (Lipinski definition) is 8. The molecule has 9 heteroatoms. The molecule has 0 aliphatic carbocycles. The van der Waals surface area contributed by atoms with Gasteiger partial charge in [0.05, 0.1) is 31.0 Å². The van der Waals surface area contributed by atoms with Crippen LogP contribution in [0.3, 0.4) is 0 Å². The Morgan fingerprint density at radius 3 is 2.64 bits per heavy atom. The van der Waals surface area contributed by atoms with E-state index in [9.17, 15) is 9.59 Å². The zero-order valence-corrected chi connectivity index (χ0v) is 22.9. The molecule has 0 bridgehead atoms. The maximum absolute atomic E-state index is 12.1. The van der Waals surface area contributed by atoms with E-state index in [1.54, 1.807) is 13.1 Å². The maximum Gasteiger partial charge on any atom is 0.407 e. The van der Waals surface area contributed by atoms with Gasteiger partial charge in [0.1, 0.15) is 18.0 Å². The Morgan fingerprint density at radius 1 is 1.08 bits per heavy atom. The monoisotopic (exact) mass is 531 g/mol. The third-order valence-corrected chi connectivity index (χ3v) is 5.76. The molecular weight excluding hydrogens is 498 g/mol. The van der Waals surface area contributed by atoms with Gasteiger partial charge in [0, 0.05) is 22.7 Å². The number of benzene rings is 2. The van der Waals surface area contributed by atoms with Crippen molar-refractivity contribution >= 4 is 23.0 Å². The molecule has 1 amide bonds. The molecule has 0 saturated carbocycles. The number of aromatic nitrogens is 2. The molecule has 39 heavy (non-hydrogen) atoms. The average molecular weight is 532 g/mol. The second kappa shape index (κ2) is 12.0. The highest BCUT2D eigenvalue weighted by Gasteiger charge is 2.18. The first-order valence-electron chi connectivity index (χ1n) is 12.8. The predicted molar refractivity (Wildman–Crippen MR) is 146 cm³/mol. The number of fused-ring (bicyclic) bond motifs is 1. The van der Waals surface area contributed by atoms with Gasteiger partial charge in [-0.25, -0.2) is 4.79 Å². The number of rotatable bonds is 9. The smallest absolute Gasteiger partial charge is 0.407 e. The number of amides is 1. The number of carbonyl (C=O) groups is 2. The summed E-state index contributed by atoms with van der Waals surface area (Å²) in [6, 6.07) is 15.2. The number of esters is 1. The topological polar surface area (TPSA) is 113 Å². The Morgan fingerprint density at radius 2 is 1.87 bits per heavy atom. The van der Waals surface area contributed by atoms with Crippen LogP contribution in [-0.4, -0.2) is 34.4 Å². The fourth-order valence-corrected chi connectivity index (χ4v) is 4.06. The molecule has 4 aromatic rings. The predicted octanol–water partition coefficient (Wildman–Crippen LogP) is 5.91. The number of ether oxygens (including phenoxy) is 3. The maximum atomic E-state index is 12.1. The normalized spacial score (nSPS) is 11.3. The van der Waals surface area contributed by atoms with Crippen molar-refractivity contribution in [1.29, 1.82) is 0 Å². The van der Waals surface area contributed by atoms with E-state index >= 15 is 0 Å². The van der Waals surface area contributed by atoms with Gasteiger partial charge in [0.2, 0.25) is 0 Å². The molecule has 0 radical (unpaired) electrons. The summed E-state index contributed by atoms with van der Waals surface area (Å²) in [5.74, 6) is 0.320. The summed E-state index contributed by atoms with van der Waals surface area (Å²) in [7, 11) is 0. The molecular formula is C30H33N3O6. The summed E-state index contributed by atoms with van der Waals surface area (Å²) in [6.07, 6.45) is 1.31. The highest BCUT2D eigenvalue weighted by molar-refractivity contribution is 5.94. The summed E-state index contributed by atoms with van der Waals surface area (Å²) in [5, 5.41) is 7.78. The Kier molecular flexibility index (Phi) is 8.49. The molecule has 1 N–H and O–H groups in total. The van der Waals surface area contributed by atoms with Crippen LogP contribution in [0, 0.1) is 6.92 Å². The van der Waals surface area contributed by atoms with Gasteiger partial charge in [-0.1, -0.05) is 23.4 Å². The van der Waals surface area contributed by atoms with Crippen molar-refractivity contribution in [3.8, 4) is 16.9 Å². The first-order valence-corrected chi connectivity index (χ1v) is 12.8. The van der Waals surface area contributed by atoms with E-state index in [4.69, 9.17) is 18.7 Å². The Labute approximate surface area is 227 Å². The van der Waals surface area contributed by atoms with Crippen LogP contribution in [0.15, 0.2) is 59.3 Å². The number of alkyl carbamates (subject to hydrolysis) is 1. The molecule has 0 aliphatic rings. The lowest BCUT2D eigenvalue weighted by Crippen LogP contribution is -2.32. The first kappa shape index (κ1) is 27.6. The van der Waals surface area contributed by atoms with E-state index in [1.807, 2.05) is 76.2 Å². The van der Waals surface area contributed by atoms with Crippen LogP contribution in [0.5, 0.6) is 5.75 Å². The lowest BCUT2D eigenvalue weighted by Gasteiger charge is -2.19. The third-order valence-electron chi connectivity index (χ3n) is 5.76. The van der Waals surface area contributed by atoms with E-state index in [2.05, 4.69) is 15.5 Å². The molecule has 204 valence electrons. The molecule has 0 aliphatic heterocycles. The number of nitrogens with one attached hydrogen (secondary N) is 1. The van der Waals surface area contributed by atoms with Gasteiger partial charge in [-0.15, -0.1) is 0 Å². The van der Waals surface area contributed by atoms with E-state index in [0.717, 1.165) is 33.3 Å². The SMILES string of the molecule is CCOC(=O)Cc1ccccc1OCc1cc(-c2ccnc(CNC(=O)OC(C)(C)C)c2)c2onc(C)c2c1. The second-order valence-corrected chi connectivity index (χ2v) is 10.1. The van der Waals surface area contributed by atoms with Crippen molar-refractivity contribution in [2.45, 2.75) is 59.8 Å². The molecule has 2 aromatic heterocycles. The Balaban J connectivity index is 1.57. The van der Waals surface area contributed by atoms with Crippen molar-refractivity contribution in [3.05, 3.63) is 77.2 Å².